The standard InChI is InChI=1S/C4H3F2N3O2/c5-4(6)11-3(10)2-1-7-9-8-2/h1,4H,(H,7,8,9). The molecule has 0 aliphatic carbocycles. The Morgan fingerprint density at radius 2 is 2.45 bits per heavy atom. The monoisotopic (exact) mass is 163 g/mol. The van der Waals surface area contributed by atoms with E-state index in [1.54, 1.807) is 0 Å². The summed E-state index contributed by atoms with van der Waals surface area (Å²) in [6.45, 7) is -3.13. The van der Waals surface area contributed by atoms with Crippen molar-refractivity contribution in [1.29, 1.82) is 0 Å². The summed E-state index contributed by atoms with van der Waals surface area (Å²) in [5.74, 6) is -1.20. The summed E-state index contributed by atoms with van der Waals surface area (Å²) in [4.78, 5) is 10.5. The second-order valence-electron chi connectivity index (χ2n) is 1.52. The first-order valence-corrected chi connectivity index (χ1v) is 2.55. The summed E-state index contributed by atoms with van der Waals surface area (Å²) in [7, 11) is 0. The van der Waals surface area contributed by atoms with Crippen molar-refractivity contribution >= 4 is 5.97 Å². The van der Waals surface area contributed by atoms with Crippen molar-refractivity contribution in [2.24, 2.45) is 0 Å². The van der Waals surface area contributed by atoms with E-state index in [2.05, 4.69) is 14.9 Å². The van der Waals surface area contributed by atoms with Crippen molar-refractivity contribution < 1.29 is 18.3 Å². The summed E-state index contributed by atoms with van der Waals surface area (Å²) < 4.78 is 26.3. The van der Waals surface area contributed by atoms with Gasteiger partial charge in [0.15, 0.2) is 5.69 Å². The van der Waals surface area contributed by atoms with Crippen LogP contribution in [0.1, 0.15) is 10.5 Å². The number of alkyl halides is 2. The van der Waals surface area contributed by atoms with Crippen molar-refractivity contribution in [2.75, 3.05) is 0 Å². The second kappa shape index (κ2) is 3.04. The molecule has 0 saturated heterocycles. The molecule has 0 spiro atoms. The molecular weight excluding hydrogens is 160 g/mol. The molecule has 0 amide bonds. The number of ether oxygens (including phenoxy) is 1. The number of esters is 1. The van der Waals surface area contributed by atoms with E-state index in [4.69, 9.17) is 0 Å². The molecule has 0 aliphatic heterocycles. The molecule has 0 atom stereocenters. The number of nitrogens with one attached hydrogen (secondary N) is 1. The summed E-state index contributed by atoms with van der Waals surface area (Å²) in [6, 6.07) is 0. The summed E-state index contributed by atoms with van der Waals surface area (Å²) in [5.41, 5.74) is -0.273. The third-order valence-electron chi connectivity index (χ3n) is 0.820. The number of carbonyl (C=O) groups is 1. The van der Waals surface area contributed by atoms with E-state index in [1.807, 2.05) is 5.21 Å². The summed E-state index contributed by atoms with van der Waals surface area (Å²) in [5, 5.41) is 8.53. The number of hydrogen-bond donors (Lipinski definition) is 1. The first kappa shape index (κ1) is 7.58. The largest absolute Gasteiger partial charge is 0.398 e. The van der Waals surface area contributed by atoms with E-state index in [-0.39, 0.29) is 5.69 Å². The van der Waals surface area contributed by atoms with Crippen LogP contribution in [-0.4, -0.2) is 28.0 Å². The Balaban J connectivity index is 2.57. The Kier molecular flexibility index (Phi) is 2.09. The predicted octanol–water partition coefficient (Wildman–Crippen LogP) is 0.184. The Bertz CT molecular complexity index is 235. The first-order chi connectivity index (χ1) is 5.20. The van der Waals surface area contributed by atoms with Crippen LogP contribution < -0.4 is 0 Å². The number of H-pyrrole nitrogens is 1. The molecule has 1 aromatic rings. The Morgan fingerprint density at radius 1 is 1.73 bits per heavy atom. The molecule has 1 heterocycles. The van der Waals surface area contributed by atoms with Gasteiger partial charge in [0, 0.05) is 0 Å². The molecule has 0 bridgehead atoms. The quantitative estimate of drug-likeness (QED) is 0.631. The van der Waals surface area contributed by atoms with Crippen LogP contribution in [0.25, 0.3) is 0 Å². The minimum Gasteiger partial charge on any atom is -0.398 e. The SMILES string of the molecule is O=C(OC(F)F)c1cn[nH]n1. The van der Waals surface area contributed by atoms with Gasteiger partial charge in [-0.3, -0.25) is 0 Å². The molecule has 5 nitrogen and oxygen atoms in total. The highest BCUT2D eigenvalue weighted by molar-refractivity contribution is 5.86. The average Bonchev–Trinajstić information content (AvgIpc) is 2.35. The van der Waals surface area contributed by atoms with Crippen LogP contribution in [0, 0.1) is 0 Å². The maximum absolute atomic E-state index is 11.4. The van der Waals surface area contributed by atoms with Gasteiger partial charge >= 0.3 is 12.6 Å². The highest BCUT2D eigenvalue weighted by Gasteiger charge is 2.14. The van der Waals surface area contributed by atoms with Crippen molar-refractivity contribution in [3.63, 3.8) is 0 Å². The number of aromatic nitrogens is 3. The van der Waals surface area contributed by atoms with Crippen LogP contribution in [0.3, 0.4) is 0 Å². The van der Waals surface area contributed by atoms with E-state index in [9.17, 15) is 13.6 Å². The molecule has 0 radical (unpaired) electrons. The lowest BCUT2D eigenvalue weighted by Crippen LogP contribution is -2.09. The van der Waals surface area contributed by atoms with Crippen LogP contribution >= 0.6 is 0 Å². The lowest BCUT2D eigenvalue weighted by molar-refractivity contribution is -0.0909. The highest BCUT2D eigenvalue weighted by Crippen LogP contribution is 2.00. The normalized spacial score (nSPS) is 10.1. The zero-order valence-corrected chi connectivity index (χ0v) is 5.12. The maximum Gasteiger partial charge on any atom is 0.389 e. The van der Waals surface area contributed by atoms with Crippen molar-refractivity contribution in [3.8, 4) is 0 Å². The number of rotatable bonds is 2. The van der Waals surface area contributed by atoms with E-state index in [0.717, 1.165) is 6.20 Å². The van der Waals surface area contributed by atoms with Gasteiger partial charge in [-0.25, -0.2) is 4.79 Å². The summed E-state index contributed by atoms with van der Waals surface area (Å²) in [6.07, 6.45) is 0.991. The van der Waals surface area contributed by atoms with Gasteiger partial charge in [0.2, 0.25) is 0 Å². The maximum atomic E-state index is 11.4. The predicted molar refractivity (Wildman–Crippen MR) is 27.8 cm³/mol. The van der Waals surface area contributed by atoms with E-state index in [1.165, 1.54) is 0 Å². The molecule has 1 N–H and O–H groups in total. The molecule has 0 unspecified atom stereocenters. The fourth-order valence-electron chi connectivity index (χ4n) is 0.441. The number of aromatic amines is 1. The molecule has 0 saturated carbocycles. The smallest absolute Gasteiger partial charge is 0.389 e. The van der Waals surface area contributed by atoms with Crippen LogP contribution in [0.5, 0.6) is 0 Å². The van der Waals surface area contributed by atoms with Gasteiger partial charge in [-0.15, -0.1) is 5.10 Å². The molecule has 0 fully saturated rings. The topological polar surface area (TPSA) is 67.9 Å². The van der Waals surface area contributed by atoms with Crippen LogP contribution in [0.4, 0.5) is 8.78 Å². The summed E-state index contributed by atoms with van der Waals surface area (Å²) >= 11 is 0. The highest BCUT2D eigenvalue weighted by atomic mass is 19.3. The van der Waals surface area contributed by atoms with Gasteiger partial charge in [0.25, 0.3) is 0 Å². The van der Waals surface area contributed by atoms with E-state index >= 15 is 0 Å². The van der Waals surface area contributed by atoms with Gasteiger partial charge in [-0.2, -0.15) is 19.1 Å². The third kappa shape index (κ3) is 1.95. The van der Waals surface area contributed by atoms with E-state index in [0.29, 0.717) is 0 Å². The minimum absolute atomic E-state index is 0.273. The fourth-order valence-corrected chi connectivity index (χ4v) is 0.441. The van der Waals surface area contributed by atoms with Gasteiger partial charge in [-0.1, -0.05) is 0 Å². The Morgan fingerprint density at radius 3 is 2.91 bits per heavy atom. The number of hydrogen-bond acceptors (Lipinski definition) is 4. The molecular formula is C4H3F2N3O2. The molecule has 0 aliphatic rings. The lowest BCUT2D eigenvalue weighted by atomic mass is 10.5. The lowest BCUT2D eigenvalue weighted by Gasteiger charge is -1.97. The third-order valence-corrected chi connectivity index (χ3v) is 0.820. The zero-order chi connectivity index (χ0) is 8.27. The molecule has 60 valence electrons. The van der Waals surface area contributed by atoms with Crippen molar-refractivity contribution in [1.82, 2.24) is 15.4 Å². The average molecular weight is 163 g/mol. The van der Waals surface area contributed by atoms with E-state index < -0.39 is 12.6 Å². The molecule has 7 heteroatoms. The van der Waals surface area contributed by atoms with Crippen molar-refractivity contribution in [2.45, 2.75) is 6.61 Å². The molecule has 1 rings (SSSR count). The van der Waals surface area contributed by atoms with Crippen LogP contribution in [0.15, 0.2) is 6.20 Å². The molecule has 11 heavy (non-hydrogen) atoms. The number of halogens is 2. The fraction of sp³-hybridized carbons (Fsp3) is 0.250. The Hall–Kier alpha value is -1.53. The van der Waals surface area contributed by atoms with Gasteiger partial charge in [0.1, 0.15) is 0 Å². The van der Waals surface area contributed by atoms with Gasteiger partial charge in [0.05, 0.1) is 6.20 Å². The minimum atomic E-state index is -3.13. The van der Waals surface area contributed by atoms with Crippen LogP contribution in [-0.2, 0) is 4.74 Å². The molecule has 0 aromatic carbocycles. The molecule has 1 aromatic heterocycles. The first-order valence-electron chi connectivity index (χ1n) is 2.55. The zero-order valence-electron chi connectivity index (χ0n) is 5.12. The van der Waals surface area contributed by atoms with Crippen molar-refractivity contribution in [3.05, 3.63) is 11.9 Å². The number of nitrogens with zero attached hydrogens (tertiary/aromatic N) is 2. The van der Waals surface area contributed by atoms with Crippen LogP contribution in [0.2, 0.25) is 0 Å². The number of carbonyl (C=O) groups excluding carboxylic acids is 1. The second-order valence-corrected chi connectivity index (χ2v) is 1.52. The van der Waals surface area contributed by atoms with Gasteiger partial charge in [-0.05, 0) is 0 Å². The Labute approximate surface area is 59.4 Å². The van der Waals surface area contributed by atoms with Gasteiger partial charge < -0.3 is 4.74 Å².